The molecule has 0 amide bonds. The van der Waals surface area contributed by atoms with Crippen molar-refractivity contribution in [3.8, 4) is 11.5 Å². The number of allylic oxidation sites excluding steroid dienone is 2. The van der Waals surface area contributed by atoms with E-state index in [1.54, 1.807) is 6.07 Å². The number of ether oxygens (including phenoxy) is 2. The van der Waals surface area contributed by atoms with Crippen molar-refractivity contribution in [3.05, 3.63) is 46.1 Å². The summed E-state index contributed by atoms with van der Waals surface area (Å²) in [5, 5.41) is 0. The molecule has 0 N–H and O–H groups in total. The lowest BCUT2D eigenvalue weighted by atomic mass is 9.46. The maximum Gasteiger partial charge on any atom is 0.314 e. The van der Waals surface area contributed by atoms with E-state index in [1.165, 1.54) is 107 Å². The third-order valence-electron chi connectivity index (χ3n) is 14.6. The van der Waals surface area contributed by atoms with E-state index in [0.717, 1.165) is 74.5 Å². The van der Waals surface area contributed by atoms with Crippen LogP contribution in [0, 0.1) is 52.3 Å². The van der Waals surface area contributed by atoms with Crippen molar-refractivity contribution in [2.45, 2.75) is 176 Å². The fraction of sp³-hybridized carbons (Fsp3) is 0.766. The van der Waals surface area contributed by atoms with Gasteiger partial charge < -0.3 is 9.47 Å². The quantitative estimate of drug-likeness (QED) is 0.0859. The van der Waals surface area contributed by atoms with Crippen LogP contribution in [0.5, 0.6) is 11.5 Å². The highest BCUT2D eigenvalue weighted by Gasteiger charge is 2.59. The minimum absolute atomic E-state index is 0.0173. The van der Waals surface area contributed by atoms with Crippen LogP contribution < -0.4 is 14.9 Å². The first-order chi connectivity index (χ1) is 25.0. The van der Waals surface area contributed by atoms with Gasteiger partial charge in [-0.2, -0.15) is 0 Å². The Kier molecular flexibility index (Phi) is 14.7. The predicted molar refractivity (Wildman–Crippen MR) is 212 cm³/mol. The van der Waals surface area contributed by atoms with Crippen LogP contribution in [0.3, 0.4) is 0 Å². The van der Waals surface area contributed by atoms with Crippen LogP contribution in [0.15, 0.2) is 40.7 Å². The van der Waals surface area contributed by atoms with Gasteiger partial charge in [0, 0.05) is 6.42 Å². The first-order valence-electron chi connectivity index (χ1n) is 21.7. The number of unbranched alkanes of at least 4 members (excludes halogenated alkanes) is 8. The average Bonchev–Trinajstić information content (AvgIpc) is 3.38. The first-order valence-corrected chi connectivity index (χ1v) is 21.7. The molecule has 8 atom stereocenters. The van der Waals surface area contributed by atoms with Gasteiger partial charge in [0.15, 0.2) is 5.75 Å². The lowest BCUT2D eigenvalue weighted by Crippen LogP contribution is -2.50. The van der Waals surface area contributed by atoms with Gasteiger partial charge in [-0.05, 0) is 128 Å². The van der Waals surface area contributed by atoms with Gasteiger partial charge in [0.1, 0.15) is 5.75 Å². The Balaban J connectivity index is 1.11. The largest absolute Gasteiger partial charge is 0.426 e. The standard InChI is InChI=1S/C47H72O5/c1-7-8-9-10-11-12-13-14-15-19-44(49)52-43-27-22-37(21-26-42(43)48)51-45(50)35-28-30-46(5)36(32-35)20-23-38-40-25-24-39(34(4)18-16-17-33(2)3)47(40,6)31-29-41(38)46/h20-22,26-27,33-35,38-41H,7-19,23-25,28-32H2,1-6H3/t34-,35+,38+,39-,40+,41+,46+,47-/m1/s1. The lowest BCUT2D eigenvalue weighted by Gasteiger charge is -2.58. The molecule has 3 saturated carbocycles. The highest BCUT2D eigenvalue weighted by molar-refractivity contribution is 5.76. The monoisotopic (exact) mass is 717 g/mol. The normalized spacial score (nSPS) is 30.1. The Morgan fingerprint density at radius 3 is 2.23 bits per heavy atom. The number of hydrogen-bond acceptors (Lipinski definition) is 5. The Bertz CT molecular complexity index is 1430. The van der Waals surface area contributed by atoms with Crippen LogP contribution >= 0.6 is 0 Å². The second kappa shape index (κ2) is 18.7. The molecular weight excluding hydrogens is 645 g/mol. The molecule has 0 radical (unpaired) electrons. The van der Waals surface area contributed by atoms with E-state index in [-0.39, 0.29) is 29.0 Å². The Hall–Kier alpha value is -2.43. The van der Waals surface area contributed by atoms with E-state index in [0.29, 0.717) is 23.5 Å². The zero-order valence-corrected chi connectivity index (χ0v) is 33.8. The van der Waals surface area contributed by atoms with Crippen molar-refractivity contribution in [1.29, 1.82) is 0 Å². The van der Waals surface area contributed by atoms with Crippen molar-refractivity contribution < 1.29 is 19.1 Å². The highest BCUT2D eigenvalue weighted by Crippen LogP contribution is 2.67. The number of rotatable bonds is 18. The van der Waals surface area contributed by atoms with Crippen molar-refractivity contribution in [2.24, 2.45) is 52.3 Å². The summed E-state index contributed by atoms with van der Waals surface area (Å²) in [6, 6.07) is 5.91. The fourth-order valence-electron chi connectivity index (χ4n) is 11.5. The second-order valence-corrected chi connectivity index (χ2v) is 18.5. The number of esters is 2. The summed E-state index contributed by atoms with van der Waals surface area (Å²) in [6.07, 6.45) is 26.7. The van der Waals surface area contributed by atoms with Gasteiger partial charge in [-0.15, -0.1) is 0 Å². The van der Waals surface area contributed by atoms with E-state index in [2.05, 4.69) is 47.6 Å². The zero-order chi connectivity index (χ0) is 37.3. The molecule has 5 rings (SSSR count). The van der Waals surface area contributed by atoms with E-state index in [1.807, 2.05) is 0 Å². The molecule has 0 aromatic heterocycles. The van der Waals surface area contributed by atoms with Crippen LogP contribution in [0.25, 0.3) is 0 Å². The molecule has 3 fully saturated rings. The van der Waals surface area contributed by atoms with Crippen LogP contribution in [-0.2, 0) is 9.59 Å². The SMILES string of the molecule is CCCCCCCCCCCC(=O)Oc1ccc(OC(=O)[C@H]2CC[C@@]3(C)C(=CC[C@H]4[C@@H]5CC[C@H]([C@H](C)CCCC(C)C)[C@@]5(C)CC[C@@H]43)C2)ccc1=O. The molecule has 1 aromatic rings. The Morgan fingerprint density at radius 2 is 1.50 bits per heavy atom. The molecular formula is C47H72O5. The summed E-state index contributed by atoms with van der Waals surface area (Å²) in [5.41, 5.74) is 1.73. The molecule has 4 aliphatic rings. The van der Waals surface area contributed by atoms with E-state index < -0.39 is 5.43 Å². The van der Waals surface area contributed by atoms with Crippen LogP contribution in [0.1, 0.15) is 176 Å². The van der Waals surface area contributed by atoms with Crippen molar-refractivity contribution in [3.63, 3.8) is 0 Å². The lowest BCUT2D eigenvalue weighted by molar-refractivity contribution is -0.140. The summed E-state index contributed by atoms with van der Waals surface area (Å²) in [4.78, 5) is 38.7. The zero-order valence-electron chi connectivity index (χ0n) is 33.8. The molecule has 0 spiro atoms. The van der Waals surface area contributed by atoms with Gasteiger partial charge in [-0.3, -0.25) is 14.4 Å². The predicted octanol–water partition coefficient (Wildman–Crippen LogP) is 12.4. The molecule has 0 saturated heterocycles. The Morgan fingerprint density at radius 1 is 0.788 bits per heavy atom. The van der Waals surface area contributed by atoms with Gasteiger partial charge in [-0.25, -0.2) is 0 Å². The van der Waals surface area contributed by atoms with Crippen molar-refractivity contribution in [1.82, 2.24) is 0 Å². The van der Waals surface area contributed by atoms with Crippen molar-refractivity contribution in [2.75, 3.05) is 0 Å². The van der Waals surface area contributed by atoms with Gasteiger partial charge in [0.2, 0.25) is 5.43 Å². The van der Waals surface area contributed by atoms with E-state index >= 15 is 0 Å². The van der Waals surface area contributed by atoms with Gasteiger partial charge >= 0.3 is 11.9 Å². The summed E-state index contributed by atoms with van der Waals surface area (Å²) in [5.74, 6) is 4.28. The van der Waals surface area contributed by atoms with Crippen LogP contribution in [0.2, 0.25) is 0 Å². The molecule has 52 heavy (non-hydrogen) atoms. The first kappa shape index (κ1) is 40.7. The summed E-state index contributed by atoms with van der Waals surface area (Å²) >= 11 is 0. The van der Waals surface area contributed by atoms with Gasteiger partial charge in [0.25, 0.3) is 0 Å². The number of hydrogen-bond donors (Lipinski definition) is 0. The number of fused-ring (bicyclic) bond motifs is 5. The molecule has 1 aromatic carbocycles. The molecule has 290 valence electrons. The second-order valence-electron chi connectivity index (χ2n) is 18.5. The maximum absolute atomic E-state index is 13.5. The van der Waals surface area contributed by atoms with Crippen LogP contribution in [-0.4, -0.2) is 11.9 Å². The number of carbonyl (C=O) groups is 2. The topological polar surface area (TPSA) is 69.7 Å². The van der Waals surface area contributed by atoms with Crippen LogP contribution in [0.4, 0.5) is 0 Å². The molecule has 5 heteroatoms. The third-order valence-corrected chi connectivity index (χ3v) is 14.6. The van der Waals surface area contributed by atoms with Gasteiger partial charge in [0.05, 0.1) is 5.92 Å². The molecule has 4 aliphatic carbocycles. The molecule has 0 heterocycles. The molecule has 5 nitrogen and oxygen atoms in total. The van der Waals surface area contributed by atoms with E-state index in [9.17, 15) is 14.4 Å². The molecule has 0 bridgehead atoms. The molecule has 0 aliphatic heterocycles. The van der Waals surface area contributed by atoms with Crippen molar-refractivity contribution >= 4 is 11.9 Å². The Labute approximate surface area is 316 Å². The average molecular weight is 717 g/mol. The van der Waals surface area contributed by atoms with E-state index in [4.69, 9.17) is 9.47 Å². The maximum atomic E-state index is 13.5. The summed E-state index contributed by atoms with van der Waals surface area (Å²) in [7, 11) is 0. The smallest absolute Gasteiger partial charge is 0.314 e. The number of carbonyl (C=O) groups excluding carboxylic acids is 2. The minimum atomic E-state index is -0.393. The van der Waals surface area contributed by atoms with Gasteiger partial charge in [-0.1, -0.05) is 124 Å². The summed E-state index contributed by atoms with van der Waals surface area (Å²) < 4.78 is 11.3. The fourth-order valence-corrected chi connectivity index (χ4v) is 11.5. The molecule has 0 unspecified atom stereocenters. The minimum Gasteiger partial charge on any atom is -0.426 e. The summed E-state index contributed by atoms with van der Waals surface area (Å²) in [6.45, 7) is 14.6. The third kappa shape index (κ3) is 9.81. The highest BCUT2D eigenvalue weighted by atomic mass is 16.5.